The number of pyridine rings is 1. The molecule has 0 aliphatic heterocycles. The molecule has 1 heterocycles. The van der Waals surface area contributed by atoms with Crippen LogP contribution in [0, 0.1) is 6.92 Å². The van der Waals surface area contributed by atoms with Crippen LogP contribution in [-0.2, 0) is 19.4 Å². The number of amidine groups is 1. The van der Waals surface area contributed by atoms with Crippen molar-refractivity contribution in [2.45, 2.75) is 32.7 Å². The van der Waals surface area contributed by atoms with Gasteiger partial charge in [-0.1, -0.05) is 18.2 Å². The second-order valence-corrected chi connectivity index (χ2v) is 7.30. The van der Waals surface area contributed by atoms with Gasteiger partial charge in [-0.15, -0.1) is 0 Å². The van der Waals surface area contributed by atoms with E-state index >= 15 is 0 Å². The topological polar surface area (TPSA) is 76.0 Å². The lowest BCUT2D eigenvalue weighted by Gasteiger charge is -2.12. The monoisotopic (exact) mass is 403 g/mol. The lowest BCUT2D eigenvalue weighted by Crippen LogP contribution is -2.20. The zero-order valence-electron chi connectivity index (χ0n) is 17.2. The summed E-state index contributed by atoms with van der Waals surface area (Å²) in [6.45, 7) is 2.56. The van der Waals surface area contributed by atoms with Crippen molar-refractivity contribution in [3.63, 3.8) is 0 Å². The Hall–Kier alpha value is -3.38. The van der Waals surface area contributed by atoms with Crippen LogP contribution in [0.15, 0.2) is 59.7 Å². The number of aromatic nitrogens is 1. The molecule has 4 rings (SSSR count). The first kappa shape index (κ1) is 19.9. The van der Waals surface area contributed by atoms with Crippen molar-refractivity contribution >= 4 is 5.84 Å². The summed E-state index contributed by atoms with van der Waals surface area (Å²) in [5, 5.41) is 9.62. The van der Waals surface area contributed by atoms with Crippen molar-refractivity contribution < 1.29 is 14.7 Å². The van der Waals surface area contributed by atoms with E-state index in [0.29, 0.717) is 23.8 Å². The molecule has 30 heavy (non-hydrogen) atoms. The molecule has 1 aromatic heterocycles. The van der Waals surface area contributed by atoms with E-state index in [4.69, 9.17) is 9.47 Å². The number of hydroxylamine groups is 1. The fourth-order valence-electron chi connectivity index (χ4n) is 3.77. The zero-order chi connectivity index (χ0) is 20.9. The van der Waals surface area contributed by atoms with Crippen LogP contribution in [0.1, 0.15) is 34.2 Å². The normalized spacial score (nSPS) is 13.1. The van der Waals surface area contributed by atoms with Crippen LogP contribution in [0.3, 0.4) is 0 Å². The third kappa shape index (κ3) is 4.28. The molecular formula is C24H25N3O3. The van der Waals surface area contributed by atoms with Gasteiger partial charge in [-0.25, -0.2) is 4.98 Å². The Morgan fingerprint density at radius 1 is 1.10 bits per heavy atom. The van der Waals surface area contributed by atoms with Gasteiger partial charge in [0.25, 0.3) is 0 Å². The van der Waals surface area contributed by atoms with Gasteiger partial charge in [-0.3, -0.25) is 15.7 Å². The molecule has 0 radical (unpaired) electrons. The summed E-state index contributed by atoms with van der Waals surface area (Å²) < 4.78 is 11.3. The number of benzene rings is 2. The van der Waals surface area contributed by atoms with Gasteiger partial charge in [0, 0.05) is 17.8 Å². The van der Waals surface area contributed by atoms with Crippen LogP contribution < -0.4 is 15.0 Å². The first-order valence-corrected chi connectivity index (χ1v) is 10.0. The smallest absolute Gasteiger partial charge is 0.219 e. The maximum absolute atomic E-state index is 9.62. The number of aliphatic imine (C=N–C) groups is 1. The molecular weight excluding hydrogens is 378 g/mol. The summed E-state index contributed by atoms with van der Waals surface area (Å²) in [7, 11) is 1.63. The second kappa shape index (κ2) is 8.97. The molecule has 1 aliphatic rings. The molecule has 154 valence electrons. The van der Waals surface area contributed by atoms with Gasteiger partial charge in [0.05, 0.1) is 13.7 Å². The molecule has 2 aromatic carbocycles. The summed E-state index contributed by atoms with van der Waals surface area (Å²) in [5.74, 6) is 2.47. The van der Waals surface area contributed by atoms with Crippen LogP contribution in [0.5, 0.6) is 17.4 Å². The van der Waals surface area contributed by atoms with E-state index in [2.05, 4.69) is 28.4 Å². The second-order valence-electron chi connectivity index (χ2n) is 7.30. The Labute approximate surface area is 176 Å². The SMILES string of the molecule is COc1ccc(CN=C(NO)c2ccnc(Oc3ccc(C)c4c3CCC4)c2)cc1. The molecule has 0 unspecified atom stereocenters. The minimum absolute atomic E-state index is 0.354. The quantitative estimate of drug-likeness (QED) is 0.357. The van der Waals surface area contributed by atoms with Crippen molar-refractivity contribution in [3.8, 4) is 17.4 Å². The van der Waals surface area contributed by atoms with E-state index in [-0.39, 0.29) is 0 Å². The van der Waals surface area contributed by atoms with Gasteiger partial charge in [0.2, 0.25) is 5.88 Å². The molecule has 2 N–H and O–H groups in total. The fraction of sp³-hybridized carbons (Fsp3) is 0.250. The van der Waals surface area contributed by atoms with E-state index in [0.717, 1.165) is 36.3 Å². The molecule has 6 heteroatoms. The molecule has 1 aliphatic carbocycles. The maximum Gasteiger partial charge on any atom is 0.219 e. The molecule has 3 aromatic rings. The van der Waals surface area contributed by atoms with Crippen LogP contribution in [-0.4, -0.2) is 23.1 Å². The van der Waals surface area contributed by atoms with Crippen molar-refractivity contribution in [1.82, 2.24) is 10.5 Å². The highest BCUT2D eigenvalue weighted by atomic mass is 16.5. The maximum atomic E-state index is 9.62. The van der Waals surface area contributed by atoms with Gasteiger partial charge < -0.3 is 9.47 Å². The fourth-order valence-corrected chi connectivity index (χ4v) is 3.77. The van der Waals surface area contributed by atoms with Crippen molar-refractivity contribution in [1.29, 1.82) is 0 Å². The number of nitrogens with zero attached hydrogens (tertiary/aromatic N) is 2. The summed E-state index contributed by atoms with van der Waals surface area (Å²) in [4.78, 5) is 8.82. The largest absolute Gasteiger partial charge is 0.497 e. The lowest BCUT2D eigenvalue weighted by molar-refractivity contribution is 0.234. The number of nitrogens with one attached hydrogen (secondary N) is 1. The van der Waals surface area contributed by atoms with E-state index in [1.807, 2.05) is 30.3 Å². The summed E-state index contributed by atoms with van der Waals surface area (Å²) in [6, 6.07) is 15.3. The number of hydrogen-bond donors (Lipinski definition) is 2. The average Bonchev–Trinajstić information content (AvgIpc) is 3.28. The predicted octanol–water partition coefficient (Wildman–Crippen LogP) is 4.61. The van der Waals surface area contributed by atoms with E-state index < -0.39 is 0 Å². The third-order valence-electron chi connectivity index (χ3n) is 5.38. The number of hydrogen-bond acceptors (Lipinski definition) is 5. The van der Waals surface area contributed by atoms with Gasteiger partial charge >= 0.3 is 0 Å². The molecule has 0 amide bonds. The summed E-state index contributed by atoms with van der Waals surface area (Å²) in [5.41, 5.74) is 7.87. The first-order chi connectivity index (χ1) is 14.7. The minimum Gasteiger partial charge on any atom is -0.497 e. The Balaban J connectivity index is 1.53. The van der Waals surface area contributed by atoms with Crippen LogP contribution in [0.4, 0.5) is 0 Å². The van der Waals surface area contributed by atoms with Gasteiger partial charge in [0.15, 0.2) is 5.84 Å². The molecule has 6 nitrogen and oxygen atoms in total. The van der Waals surface area contributed by atoms with Gasteiger partial charge in [-0.05, 0) is 72.7 Å². The van der Waals surface area contributed by atoms with E-state index in [1.165, 1.54) is 16.7 Å². The molecule has 0 saturated heterocycles. The Bertz CT molecular complexity index is 1060. The van der Waals surface area contributed by atoms with Crippen LogP contribution in [0.25, 0.3) is 0 Å². The molecule has 0 fully saturated rings. The standard InChI is InChI=1S/C24H25N3O3/c1-16-6-11-22(21-5-3-4-20(16)21)30-23-14-18(12-13-25-23)24(27-28)26-15-17-7-9-19(29-2)10-8-17/h6-14,28H,3-5,15H2,1-2H3,(H,26,27). The van der Waals surface area contributed by atoms with Crippen LogP contribution in [0.2, 0.25) is 0 Å². The predicted molar refractivity (Wildman–Crippen MR) is 116 cm³/mol. The highest BCUT2D eigenvalue weighted by Gasteiger charge is 2.18. The Kier molecular flexibility index (Phi) is 5.95. The average molecular weight is 403 g/mol. The van der Waals surface area contributed by atoms with Gasteiger partial charge in [0.1, 0.15) is 11.5 Å². The number of methoxy groups -OCH3 is 1. The highest BCUT2D eigenvalue weighted by Crippen LogP contribution is 2.35. The minimum atomic E-state index is 0.354. The highest BCUT2D eigenvalue weighted by molar-refractivity contribution is 5.98. The lowest BCUT2D eigenvalue weighted by atomic mass is 10.0. The number of rotatable bonds is 6. The first-order valence-electron chi connectivity index (χ1n) is 10.0. The van der Waals surface area contributed by atoms with E-state index in [9.17, 15) is 5.21 Å². The summed E-state index contributed by atoms with van der Waals surface area (Å²) >= 11 is 0. The molecule has 0 bridgehead atoms. The number of aryl methyl sites for hydroxylation is 1. The Morgan fingerprint density at radius 3 is 2.67 bits per heavy atom. The zero-order valence-corrected chi connectivity index (χ0v) is 17.2. The molecule has 0 atom stereocenters. The number of fused-ring (bicyclic) bond motifs is 1. The van der Waals surface area contributed by atoms with Crippen molar-refractivity contribution in [3.05, 3.63) is 82.5 Å². The van der Waals surface area contributed by atoms with Crippen molar-refractivity contribution in [2.75, 3.05) is 7.11 Å². The van der Waals surface area contributed by atoms with Crippen LogP contribution >= 0.6 is 0 Å². The van der Waals surface area contributed by atoms with Crippen molar-refractivity contribution in [2.24, 2.45) is 4.99 Å². The third-order valence-corrected chi connectivity index (χ3v) is 5.38. The molecule has 0 spiro atoms. The molecule has 0 saturated carbocycles. The Morgan fingerprint density at radius 2 is 1.90 bits per heavy atom. The number of ether oxygens (including phenoxy) is 2. The summed E-state index contributed by atoms with van der Waals surface area (Å²) in [6.07, 6.45) is 4.93. The van der Waals surface area contributed by atoms with E-state index in [1.54, 1.807) is 25.4 Å². The van der Waals surface area contributed by atoms with Gasteiger partial charge in [-0.2, -0.15) is 0 Å².